The van der Waals surface area contributed by atoms with E-state index in [1.807, 2.05) is 6.07 Å². The Hall–Kier alpha value is -1.95. The van der Waals surface area contributed by atoms with Crippen LogP contribution in [0, 0.1) is 0 Å². The number of nitrogens with zero attached hydrogens (tertiary/aromatic N) is 3. The highest BCUT2D eigenvalue weighted by Crippen LogP contribution is 2.20. The van der Waals surface area contributed by atoms with Crippen molar-refractivity contribution in [3.8, 4) is 17.3 Å². The van der Waals surface area contributed by atoms with E-state index in [-0.39, 0.29) is 0 Å². The van der Waals surface area contributed by atoms with Gasteiger partial charge in [0.05, 0.1) is 12.6 Å². The van der Waals surface area contributed by atoms with Crippen LogP contribution in [0.25, 0.3) is 11.4 Å². The molecule has 0 aliphatic heterocycles. The first-order chi connectivity index (χ1) is 8.00. The molecule has 6 heteroatoms. The topological polar surface area (TPSA) is 87.1 Å². The second kappa shape index (κ2) is 4.14. The minimum absolute atomic E-state index is 0.392. The summed E-state index contributed by atoms with van der Waals surface area (Å²) in [4.78, 5) is 8.29. The molecular formula is C11H14N4O2. The molecule has 0 unspecified atom stereocenters. The van der Waals surface area contributed by atoms with Gasteiger partial charge in [-0.05, 0) is 19.9 Å². The molecule has 0 atom stereocenters. The summed E-state index contributed by atoms with van der Waals surface area (Å²) in [6.45, 7) is 3.60. The molecule has 0 radical (unpaired) electrons. The summed E-state index contributed by atoms with van der Waals surface area (Å²) < 4.78 is 10.1. The van der Waals surface area contributed by atoms with Gasteiger partial charge in [0, 0.05) is 17.8 Å². The van der Waals surface area contributed by atoms with Crippen LogP contribution in [0.3, 0.4) is 0 Å². The van der Waals surface area contributed by atoms with E-state index in [2.05, 4.69) is 15.1 Å². The molecule has 90 valence electrons. The molecule has 2 aromatic rings. The van der Waals surface area contributed by atoms with Crippen LogP contribution >= 0.6 is 0 Å². The lowest BCUT2D eigenvalue weighted by molar-refractivity contribution is 0.312. The van der Waals surface area contributed by atoms with Crippen LogP contribution in [0.1, 0.15) is 19.7 Å². The molecule has 0 aromatic carbocycles. The maximum absolute atomic E-state index is 5.86. The van der Waals surface area contributed by atoms with Crippen LogP contribution in [-0.4, -0.2) is 22.2 Å². The van der Waals surface area contributed by atoms with Crippen LogP contribution < -0.4 is 10.5 Å². The third-order valence-corrected chi connectivity index (χ3v) is 2.18. The van der Waals surface area contributed by atoms with E-state index in [0.29, 0.717) is 17.6 Å². The van der Waals surface area contributed by atoms with Crippen molar-refractivity contribution in [1.29, 1.82) is 0 Å². The van der Waals surface area contributed by atoms with Gasteiger partial charge in [-0.3, -0.25) is 0 Å². The van der Waals surface area contributed by atoms with Crippen molar-refractivity contribution in [3.05, 3.63) is 24.2 Å². The van der Waals surface area contributed by atoms with E-state index < -0.39 is 5.54 Å². The number of nitrogens with two attached hydrogens (primary N) is 1. The Morgan fingerprint density at radius 3 is 2.59 bits per heavy atom. The Labute approximate surface area is 98.8 Å². The third kappa shape index (κ3) is 2.42. The average Bonchev–Trinajstić information content (AvgIpc) is 2.78. The zero-order chi connectivity index (χ0) is 12.5. The van der Waals surface area contributed by atoms with E-state index in [1.54, 1.807) is 33.2 Å². The number of ether oxygens (including phenoxy) is 1. The quantitative estimate of drug-likeness (QED) is 0.862. The Morgan fingerprint density at radius 1 is 1.35 bits per heavy atom. The van der Waals surface area contributed by atoms with Gasteiger partial charge in [0.2, 0.25) is 17.6 Å². The number of aromatic nitrogens is 3. The van der Waals surface area contributed by atoms with Crippen LogP contribution in [0.5, 0.6) is 5.88 Å². The summed E-state index contributed by atoms with van der Waals surface area (Å²) in [5.41, 5.74) is 5.97. The average molecular weight is 234 g/mol. The molecule has 0 fully saturated rings. The van der Waals surface area contributed by atoms with E-state index >= 15 is 0 Å². The van der Waals surface area contributed by atoms with Gasteiger partial charge in [0.25, 0.3) is 0 Å². The Balaban J connectivity index is 2.30. The van der Waals surface area contributed by atoms with E-state index in [0.717, 1.165) is 5.56 Å². The molecule has 2 heterocycles. The molecule has 0 saturated heterocycles. The SMILES string of the molecule is COc1ccc(-c2noc(C(C)(C)N)n2)cn1. The fraction of sp³-hybridized carbons (Fsp3) is 0.364. The summed E-state index contributed by atoms with van der Waals surface area (Å²) in [6, 6.07) is 3.54. The van der Waals surface area contributed by atoms with Crippen LogP contribution in [0.15, 0.2) is 22.9 Å². The van der Waals surface area contributed by atoms with Gasteiger partial charge in [-0.1, -0.05) is 5.16 Å². The standard InChI is InChI=1S/C11H14N4O2/c1-11(2,12)10-14-9(15-17-10)7-4-5-8(16-3)13-6-7/h4-6H,12H2,1-3H3. The largest absolute Gasteiger partial charge is 0.481 e. The minimum Gasteiger partial charge on any atom is -0.481 e. The third-order valence-electron chi connectivity index (χ3n) is 2.18. The lowest BCUT2D eigenvalue weighted by Crippen LogP contribution is -2.28. The lowest BCUT2D eigenvalue weighted by Gasteiger charge is -2.10. The number of hydrogen-bond acceptors (Lipinski definition) is 6. The van der Waals surface area contributed by atoms with Gasteiger partial charge in [0.1, 0.15) is 0 Å². The molecular weight excluding hydrogens is 220 g/mol. The second-order valence-electron chi connectivity index (χ2n) is 4.23. The van der Waals surface area contributed by atoms with E-state index in [1.165, 1.54) is 0 Å². The van der Waals surface area contributed by atoms with Gasteiger partial charge < -0.3 is 15.0 Å². The highest BCUT2D eigenvalue weighted by atomic mass is 16.5. The molecule has 0 saturated carbocycles. The molecule has 6 nitrogen and oxygen atoms in total. The van der Waals surface area contributed by atoms with Gasteiger partial charge in [-0.25, -0.2) is 4.98 Å². The number of pyridine rings is 1. The maximum atomic E-state index is 5.86. The fourth-order valence-corrected chi connectivity index (χ4v) is 1.24. The molecule has 0 bridgehead atoms. The van der Waals surface area contributed by atoms with Gasteiger partial charge >= 0.3 is 0 Å². The first kappa shape index (κ1) is 11.5. The monoisotopic (exact) mass is 234 g/mol. The summed E-state index contributed by atoms with van der Waals surface area (Å²) in [5, 5.41) is 3.86. The highest BCUT2D eigenvalue weighted by Gasteiger charge is 2.22. The van der Waals surface area contributed by atoms with E-state index in [4.69, 9.17) is 15.0 Å². The van der Waals surface area contributed by atoms with Crippen LogP contribution in [0.4, 0.5) is 0 Å². The van der Waals surface area contributed by atoms with Crippen molar-refractivity contribution < 1.29 is 9.26 Å². The first-order valence-electron chi connectivity index (χ1n) is 5.14. The lowest BCUT2D eigenvalue weighted by atomic mass is 10.1. The Bertz CT molecular complexity index is 499. The zero-order valence-electron chi connectivity index (χ0n) is 9.97. The molecule has 2 aromatic heterocycles. The molecule has 0 spiro atoms. The summed E-state index contributed by atoms with van der Waals surface area (Å²) >= 11 is 0. The number of hydrogen-bond donors (Lipinski definition) is 1. The fourth-order valence-electron chi connectivity index (χ4n) is 1.24. The normalized spacial score (nSPS) is 11.5. The molecule has 2 rings (SSSR count). The van der Waals surface area contributed by atoms with Crippen molar-refractivity contribution >= 4 is 0 Å². The first-order valence-corrected chi connectivity index (χ1v) is 5.14. The zero-order valence-corrected chi connectivity index (χ0v) is 9.97. The molecule has 0 aliphatic carbocycles. The predicted octanol–water partition coefficient (Wildman–Crippen LogP) is 1.33. The van der Waals surface area contributed by atoms with Crippen molar-refractivity contribution in [1.82, 2.24) is 15.1 Å². The van der Waals surface area contributed by atoms with E-state index in [9.17, 15) is 0 Å². The Morgan fingerprint density at radius 2 is 2.12 bits per heavy atom. The Kier molecular flexibility index (Phi) is 2.81. The summed E-state index contributed by atoms with van der Waals surface area (Å²) in [5.74, 6) is 1.40. The van der Waals surface area contributed by atoms with Gasteiger partial charge in [0.15, 0.2) is 0 Å². The van der Waals surface area contributed by atoms with Crippen molar-refractivity contribution in [2.75, 3.05) is 7.11 Å². The van der Waals surface area contributed by atoms with Crippen molar-refractivity contribution in [2.45, 2.75) is 19.4 Å². The smallest absolute Gasteiger partial charge is 0.246 e. The van der Waals surface area contributed by atoms with Gasteiger partial charge in [-0.15, -0.1) is 0 Å². The summed E-state index contributed by atoms with van der Waals surface area (Å²) in [6.07, 6.45) is 1.62. The predicted molar refractivity (Wildman–Crippen MR) is 61.3 cm³/mol. The van der Waals surface area contributed by atoms with Gasteiger partial charge in [-0.2, -0.15) is 4.98 Å². The summed E-state index contributed by atoms with van der Waals surface area (Å²) in [7, 11) is 1.56. The van der Waals surface area contributed by atoms with Crippen molar-refractivity contribution in [2.24, 2.45) is 5.73 Å². The van der Waals surface area contributed by atoms with Crippen molar-refractivity contribution in [3.63, 3.8) is 0 Å². The molecule has 2 N–H and O–H groups in total. The molecule has 0 aliphatic rings. The molecule has 17 heavy (non-hydrogen) atoms. The van der Waals surface area contributed by atoms with Crippen LogP contribution in [0.2, 0.25) is 0 Å². The maximum Gasteiger partial charge on any atom is 0.246 e. The second-order valence-corrected chi connectivity index (χ2v) is 4.23. The number of rotatable bonds is 3. The number of methoxy groups -OCH3 is 1. The van der Waals surface area contributed by atoms with Crippen LogP contribution in [-0.2, 0) is 5.54 Å². The highest BCUT2D eigenvalue weighted by molar-refractivity contribution is 5.53. The molecule has 0 amide bonds. The minimum atomic E-state index is -0.648.